The Morgan fingerprint density at radius 2 is 1.75 bits per heavy atom. The quantitative estimate of drug-likeness (QED) is 0.842. The number of hydrogen-bond donors (Lipinski definition) is 1. The number of nitrogen functional groups attached to an aromatic ring is 1. The third-order valence-electron chi connectivity index (χ3n) is 3.74. The minimum atomic E-state index is -3.39. The summed E-state index contributed by atoms with van der Waals surface area (Å²) in [6.07, 6.45) is 1.17. The SMILES string of the molecule is CC(C)N1CCN(c2nn(C)c(N)c2S(C)(=O)=O)CC1. The number of aromatic nitrogens is 2. The molecule has 1 aromatic heterocycles. The first-order valence-corrected chi connectivity index (χ1v) is 8.62. The summed E-state index contributed by atoms with van der Waals surface area (Å²) in [6, 6.07) is 0.500. The van der Waals surface area contributed by atoms with Crippen LogP contribution in [0.3, 0.4) is 0 Å². The van der Waals surface area contributed by atoms with Gasteiger partial charge in [0, 0.05) is 45.5 Å². The Labute approximate surface area is 120 Å². The van der Waals surface area contributed by atoms with Crippen LogP contribution in [-0.4, -0.2) is 61.6 Å². The average Bonchev–Trinajstić information content (AvgIpc) is 2.65. The lowest BCUT2D eigenvalue weighted by Crippen LogP contribution is -2.49. The molecular formula is C12H23N5O2S. The van der Waals surface area contributed by atoms with Gasteiger partial charge in [0.1, 0.15) is 5.82 Å². The molecule has 0 saturated carbocycles. The van der Waals surface area contributed by atoms with E-state index in [4.69, 9.17) is 5.73 Å². The number of piperazine rings is 1. The van der Waals surface area contributed by atoms with Crippen LogP contribution in [0.25, 0.3) is 0 Å². The van der Waals surface area contributed by atoms with Crippen molar-refractivity contribution in [3.8, 4) is 0 Å². The molecule has 0 amide bonds. The lowest BCUT2D eigenvalue weighted by molar-refractivity contribution is 0.208. The lowest BCUT2D eigenvalue weighted by atomic mass is 10.2. The molecule has 0 aromatic carbocycles. The Morgan fingerprint density at radius 3 is 2.20 bits per heavy atom. The number of aryl methyl sites for hydroxylation is 1. The topological polar surface area (TPSA) is 84.5 Å². The summed E-state index contributed by atoms with van der Waals surface area (Å²) >= 11 is 0. The number of anilines is 2. The maximum absolute atomic E-state index is 11.9. The van der Waals surface area contributed by atoms with Crippen LogP contribution < -0.4 is 10.6 Å². The zero-order valence-electron chi connectivity index (χ0n) is 12.5. The van der Waals surface area contributed by atoms with Crippen LogP contribution in [0.1, 0.15) is 13.8 Å². The van der Waals surface area contributed by atoms with Gasteiger partial charge in [0.25, 0.3) is 0 Å². The Balaban J connectivity index is 2.29. The zero-order valence-corrected chi connectivity index (χ0v) is 13.3. The second-order valence-electron chi connectivity index (χ2n) is 5.55. The molecule has 20 heavy (non-hydrogen) atoms. The second kappa shape index (κ2) is 5.25. The maximum Gasteiger partial charge on any atom is 0.182 e. The van der Waals surface area contributed by atoms with Crippen molar-refractivity contribution in [2.75, 3.05) is 43.1 Å². The van der Waals surface area contributed by atoms with Crippen LogP contribution >= 0.6 is 0 Å². The van der Waals surface area contributed by atoms with E-state index < -0.39 is 9.84 Å². The molecule has 2 heterocycles. The fourth-order valence-electron chi connectivity index (χ4n) is 2.52. The minimum absolute atomic E-state index is 0.151. The third-order valence-corrected chi connectivity index (χ3v) is 4.88. The molecule has 0 aliphatic carbocycles. The minimum Gasteiger partial charge on any atom is -0.383 e. The molecule has 1 aliphatic heterocycles. The van der Waals surface area contributed by atoms with Gasteiger partial charge in [0.05, 0.1) is 0 Å². The molecule has 114 valence electrons. The molecule has 0 spiro atoms. The van der Waals surface area contributed by atoms with E-state index in [0.29, 0.717) is 11.9 Å². The van der Waals surface area contributed by atoms with Crippen LogP contribution in [0.5, 0.6) is 0 Å². The highest BCUT2D eigenvalue weighted by atomic mass is 32.2. The predicted molar refractivity (Wildman–Crippen MR) is 79.7 cm³/mol. The number of nitrogens with zero attached hydrogens (tertiary/aromatic N) is 4. The van der Waals surface area contributed by atoms with Crippen molar-refractivity contribution in [3.63, 3.8) is 0 Å². The van der Waals surface area contributed by atoms with Gasteiger partial charge in [-0.25, -0.2) is 13.1 Å². The summed E-state index contributed by atoms with van der Waals surface area (Å²) in [5, 5.41) is 4.29. The van der Waals surface area contributed by atoms with E-state index >= 15 is 0 Å². The lowest BCUT2D eigenvalue weighted by Gasteiger charge is -2.37. The summed E-state index contributed by atoms with van der Waals surface area (Å²) in [4.78, 5) is 4.52. The van der Waals surface area contributed by atoms with Crippen LogP contribution in [0, 0.1) is 0 Å². The van der Waals surface area contributed by atoms with Crippen molar-refractivity contribution in [2.24, 2.45) is 7.05 Å². The molecule has 8 heteroatoms. The molecule has 1 saturated heterocycles. The van der Waals surface area contributed by atoms with Gasteiger partial charge in [-0.05, 0) is 13.8 Å². The molecule has 0 unspecified atom stereocenters. The Morgan fingerprint density at radius 1 is 1.20 bits per heavy atom. The van der Waals surface area contributed by atoms with Crippen molar-refractivity contribution in [3.05, 3.63) is 0 Å². The van der Waals surface area contributed by atoms with Gasteiger partial charge >= 0.3 is 0 Å². The largest absolute Gasteiger partial charge is 0.383 e. The molecule has 1 fully saturated rings. The highest BCUT2D eigenvalue weighted by Crippen LogP contribution is 2.30. The fraction of sp³-hybridized carbons (Fsp3) is 0.750. The van der Waals surface area contributed by atoms with Gasteiger partial charge < -0.3 is 10.6 Å². The van der Waals surface area contributed by atoms with Crippen LogP contribution in [0.4, 0.5) is 11.6 Å². The van der Waals surface area contributed by atoms with E-state index in [1.54, 1.807) is 7.05 Å². The monoisotopic (exact) mass is 301 g/mol. The molecule has 2 rings (SSSR count). The van der Waals surface area contributed by atoms with Crippen LogP contribution in [0.15, 0.2) is 4.90 Å². The Bertz CT molecular complexity index is 585. The molecule has 0 atom stereocenters. The number of rotatable bonds is 3. The highest BCUT2D eigenvalue weighted by Gasteiger charge is 2.29. The standard InChI is InChI=1S/C12H23N5O2S/c1-9(2)16-5-7-17(8-6-16)12-10(20(4,18)19)11(13)15(3)14-12/h9H,5-8,13H2,1-4H3. The van der Waals surface area contributed by atoms with Gasteiger partial charge in [0.2, 0.25) is 0 Å². The van der Waals surface area contributed by atoms with Gasteiger partial charge in [-0.1, -0.05) is 0 Å². The molecule has 7 nitrogen and oxygen atoms in total. The van der Waals surface area contributed by atoms with E-state index in [0.717, 1.165) is 26.2 Å². The van der Waals surface area contributed by atoms with E-state index in [-0.39, 0.29) is 10.7 Å². The van der Waals surface area contributed by atoms with E-state index in [2.05, 4.69) is 23.8 Å². The Kier molecular flexibility index (Phi) is 3.97. The van der Waals surface area contributed by atoms with Crippen LogP contribution in [-0.2, 0) is 16.9 Å². The molecule has 0 bridgehead atoms. The van der Waals surface area contributed by atoms with Crippen LogP contribution in [0.2, 0.25) is 0 Å². The van der Waals surface area contributed by atoms with Crippen molar-refractivity contribution < 1.29 is 8.42 Å². The summed E-state index contributed by atoms with van der Waals surface area (Å²) in [6.45, 7) is 7.65. The molecular weight excluding hydrogens is 278 g/mol. The molecule has 0 radical (unpaired) electrons. The van der Waals surface area contributed by atoms with Gasteiger partial charge in [-0.3, -0.25) is 4.90 Å². The third kappa shape index (κ3) is 2.76. The van der Waals surface area contributed by atoms with Gasteiger partial charge in [-0.15, -0.1) is 0 Å². The molecule has 1 aliphatic rings. The Hall–Kier alpha value is -1.28. The first kappa shape index (κ1) is 15.1. The average molecular weight is 301 g/mol. The van der Waals surface area contributed by atoms with Gasteiger partial charge in [0.15, 0.2) is 20.6 Å². The summed E-state index contributed by atoms with van der Waals surface area (Å²) < 4.78 is 25.3. The van der Waals surface area contributed by atoms with E-state index in [1.807, 2.05) is 4.90 Å². The van der Waals surface area contributed by atoms with Gasteiger partial charge in [-0.2, -0.15) is 5.10 Å². The highest BCUT2D eigenvalue weighted by molar-refractivity contribution is 7.91. The van der Waals surface area contributed by atoms with Crippen molar-refractivity contribution in [2.45, 2.75) is 24.8 Å². The molecule has 2 N–H and O–H groups in total. The number of sulfone groups is 1. The normalized spacial score (nSPS) is 17.9. The first-order chi connectivity index (χ1) is 9.21. The van der Waals surface area contributed by atoms with Crippen molar-refractivity contribution in [1.82, 2.24) is 14.7 Å². The summed E-state index contributed by atoms with van der Waals surface area (Å²) in [5.74, 6) is 0.685. The predicted octanol–water partition coefficient (Wildman–Crippen LogP) is -0.0638. The van der Waals surface area contributed by atoms with E-state index in [9.17, 15) is 8.42 Å². The van der Waals surface area contributed by atoms with Crippen molar-refractivity contribution >= 4 is 21.5 Å². The summed E-state index contributed by atoms with van der Waals surface area (Å²) in [7, 11) is -1.72. The molecule has 1 aromatic rings. The first-order valence-electron chi connectivity index (χ1n) is 6.73. The van der Waals surface area contributed by atoms with E-state index in [1.165, 1.54) is 10.9 Å². The number of nitrogens with two attached hydrogens (primary N) is 1. The maximum atomic E-state index is 11.9. The number of hydrogen-bond acceptors (Lipinski definition) is 6. The fourth-order valence-corrected chi connectivity index (χ4v) is 3.53. The second-order valence-corrected chi connectivity index (χ2v) is 7.50. The smallest absolute Gasteiger partial charge is 0.182 e. The van der Waals surface area contributed by atoms with Crippen molar-refractivity contribution in [1.29, 1.82) is 0 Å². The zero-order chi connectivity index (χ0) is 15.1. The summed E-state index contributed by atoms with van der Waals surface area (Å²) in [5.41, 5.74) is 5.86.